The number of anilines is 1. The fourth-order valence-corrected chi connectivity index (χ4v) is 1.09. The van der Waals surface area contributed by atoms with E-state index in [0.717, 1.165) is 12.0 Å². The van der Waals surface area contributed by atoms with E-state index in [-0.39, 0.29) is 6.04 Å². The Balaban J connectivity index is 2.60. The molecular formula is C9H15N3O. The van der Waals surface area contributed by atoms with E-state index in [1.165, 1.54) is 0 Å². The van der Waals surface area contributed by atoms with Gasteiger partial charge in [0.15, 0.2) is 0 Å². The maximum atomic E-state index is 5.87. The third-order valence-corrected chi connectivity index (χ3v) is 1.84. The number of nitrogens with two attached hydrogens (primary N) is 2. The summed E-state index contributed by atoms with van der Waals surface area (Å²) in [5.41, 5.74) is 13.0. The van der Waals surface area contributed by atoms with Gasteiger partial charge in [0, 0.05) is 32.2 Å². The Morgan fingerprint density at radius 2 is 2.31 bits per heavy atom. The maximum absolute atomic E-state index is 5.87. The van der Waals surface area contributed by atoms with Gasteiger partial charge in [-0.05, 0) is 18.1 Å². The highest BCUT2D eigenvalue weighted by molar-refractivity contribution is 5.37. The topological polar surface area (TPSA) is 74.2 Å². The lowest BCUT2D eigenvalue weighted by atomic mass is 10.1. The molecule has 1 aromatic heterocycles. The van der Waals surface area contributed by atoms with E-state index in [4.69, 9.17) is 16.2 Å². The van der Waals surface area contributed by atoms with Crippen LogP contribution in [0.3, 0.4) is 0 Å². The van der Waals surface area contributed by atoms with Gasteiger partial charge < -0.3 is 16.2 Å². The highest BCUT2D eigenvalue weighted by Crippen LogP contribution is 2.14. The molecule has 72 valence electrons. The van der Waals surface area contributed by atoms with Crippen molar-refractivity contribution in [2.24, 2.45) is 5.73 Å². The number of nitrogens with zero attached hydrogens (tertiary/aromatic N) is 1. The lowest BCUT2D eigenvalue weighted by Crippen LogP contribution is -2.13. The molecule has 1 unspecified atom stereocenters. The minimum atomic E-state index is -0.0454. The second kappa shape index (κ2) is 4.79. The summed E-state index contributed by atoms with van der Waals surface area (Å²) in [5, 5.41) is 0. The van der Waals surface area contributed by atoms with Gasteiger partial charge >= 0.3 is 0 Å². The van der Waals surface area contributed by atoms with Gasteiger partial charge in [-0.15, -0.1) is 0 Å². The molecule has 0 saturated heterocycles. The number of ether oxygens (including phenoxy) is 1. The fourth-order valence-electron chi connectivity index (χ4n) is 1.09. The smallest absolute Gasteiger partial charge is 0.0503 e. The number of methoxy groups -OCH3 is 1. The molecule has 0 amide bonds. The van der Waals surface area contributed by atoms with Gasteiger partial charge in [0.25, 0.3) is 0 Å². The SMILES string of the molecule is COCCC(N)c1cncc(N)c1. The van der Waals surface area contributed by atoms with Crippen LogP contribution in [0.5, 0.6) is 0 Å². The molecule has 0 fully saturated rings. The summed E-state index contributed by atoms with van der Waals surface area (Å²) < 4.78 is 4.93. The van der Waals surface area contributed by atoms with E-state index in [1.54, 1.807) is 19.5 Å². The molecule has 0 bridgehead atoms. The maximum Gasteiger partial charge on any atom is 0.0503 e. The van der Waals surface area contributed by atoms with Crippen LogP contribution in [0.1, 0.15) is 18.0 Å². The van der Waals surface area contributed by atoms with Crippen molar-refractivity contribution in [3.05, 3.63) is 24.0 Å². The minimum Gasteiger partial charge on any atom is -0.397 e. The molecule has 0 aromatic carbocycles. The summed E-state index contributed by atoms with van der Waals surface area (Å²) in [5.74, 6) is 0. The van der Waals surface area contributed by atoms with Gasteiger partial charge in [-0.25, -0.2) is 0 Å². The molecule has 4 N–H and O–H groups in total. The minimum absolute atomic E-state index is 0.0454. The first kappa shape index (κ1) is 9.95. The van der Waals surface area contributed by atoms with Gasteiger partial charge in [-0.3, -0.25) is 4.98 Å². The summed E-state index contributed by atoms with van der Waals surface area (Å²) in [4.78, 5) is 3.97. The number of hydrogen-bond donors (Lipinski definition) is 2. The van der Waals surface area contributed by atoms with Crippen molar-refractivity contribution in [3.63, 3.8) is 0 Å². The van der Waals surface area contributed by atoms with E-state index in [0.29, 0.717) is 12.3 Å². The molecule has 0 aliphatic carbocycles. The van der Waals surface area contributed by atoms with Crippen LogP contribution in [0.15, 0.2) is 18.5 Å². The first-order valence-electron chi connectivity index (χ1n) is 4.19. The number of hydrogen-bond acceptors (Lipinski definition) is 4. The van der Waals surface area contributed by atoms with Crippen LogP contribution in [-0.4, -0.2) is 18.7 Å². The van der Waals surface area contributed by atoms with Gasteiger partial charge in [-0.2, -0.15) is 0 Å². The molecule has 4 nitrogen and oxygen atoms in total. The fraction of sp³-hybridized carbons (Fsp3) is 0.444. The van der Waals surface area contributed by atoms with Gasteiger partial charge in [0.1, 0.15) is 0 Å². The highest BCUT2D eigenvalue weighted by atomic mass is 16.5. The molecule has 1 aromatic rings. The molecule has 13 heavy (non-hydrogen) atoms. The van der Waals surface area contributed by atoms with Crippen LogP contribution in [0.2, 0.25) is 0 Å². The summed E-state index contributed by atoms with van der Waals surface area (Å²) in [6, 6.07) is 1.80. The Morgan fingerprint density at radius 1 is 1.54 bits per heavy atom. The highest BCUT2D eigenvalue weighted by Gasteiger charge is 2.05. The monoisotopic (exact) mass is 181 g/mol. The lowest BCUT2D eigenvalue weighted by molar-refractivity contribution is 0.188. The van der Waals surface area contributed by atoms with E-state index in [1.807, 2.05) is 6.07 Å². The van der Waals surface area contributed by atoms with Crippen LogP contribution >= 0.6 is 0 Å². The van der Waals surface area contributed by atoms with Gasteiger partial charge in [0.05, 0.1) is 5.69 Å². The van der Waals surface area contributed by atoms with Crippen molar-refractivity contribution >= 4 is 5.69 Å². The predicted molar refractivity (Wildman–Crippen MR) is 52.1 cm³/mol. The Bertz CT molecular complexity index is 265. The Labute approximate surface area is 77.9 Å². The van der Waals surface area contributed by atoms with Crippen molar-refractivity contribution in [3.8, 4) is 0 Å². The van der Waals surface area contributed by atoms with Crippen LogP contribution in [-0.2, 0) is 4.74 Å². The van der Waals surface area contributed by atoms with Crippen molar-refractivity contribution in [1.29, 1.82) is 0 Å². The van der Waals surface area contributed by atoms with E-state index >= 15 is 0 Å². The molecule has 0 spiro atoms. The van der Waals surface area contributed by atoms with E-state index < -0.39 is 0 Å². The summed E-state index contributed by atoms with van der Waals surface area (Å²) in [6.45, 7) is 0.649. The first-order valence-corrected chi connectivity index (χ1v) is 4.19. The van der Waals surface area contributed by atoms with E-state index in [2.05, 4.69) is 4.98 Å². The number of aromatic nitrogens is 1. The van der Waals surface area contributed by atoms with Crippen molar-refractivity contribution in [2.45, 2.75) is 12.5 Å². The largest absolute Gasteiger partial charge is 0.397 e. The number of rotatable bonds is 4. The zero-order chi connectivity index (χ0) is 9.68. The second-order valence-electron chi connectivity index (χ2n) is 2.94. The predicted octanol–water partition coefficient (Wildman–Crippen LogP) is 0.700. The lowest BCUT2D eigenvalue weighted by Gasteiger charge is -2.10. The van der Waals surface area contributed by atoms with Crippen LogP contribution in [0, 0.1) is 0 Å². The van der Waals surface area contributed by atoms with E-state index in [9.17, 15) is 0 Å². The van der Waals surface area contributed by atoms with Crippen molar-refractivity contribution < 1.29 is 4.74 Å². The molecule has 0 radical (unpaired) electrons. The standard InChI is InChI=1S/C9H15N3O/c1-13-3-2-9(11)7-4-8(10)6-12-5-7/h4-6,9H,2-3,10-11H2,1H3. The summed E-state index contributed by atoms with van der Waals surface area (Å²) >= 11 is 0. The third-order valence-electron chi connectivity index (χ3n) is 1.84. The average Bonchev–Trinajstić information content (AvgIpc) is 2.14. The van der Waals surface area contributed by atoms with Crippen molar-refractivity contribution in [1.82, 2.24) is 4.98 Å². The Kier molecular flexibility index (Phi) is 3.67. The molecule has 4 heteroatoms. The molecule has 1 heterocycles. The number of pyridine rings is 1. The molecule has 0 aliphatic rings. The molecule has 1 atom stereocenters. The molecule has 0 aliphatic heterocycles. The molecular weight excluding hydrogens is 166 g/mol. The van der Waals surface area contributed by atoms with Crippen LogP contribution in [0.4, 0.5) is 5.69 Å². The average molecular weight is 181 g/mol. The normalized spacial score (nSPS) is 12.8. The van der Waals surface area contributed by atoms with Gasteiger partial charge in [0.2, 0.25) is 0 Å². The quantitative estimate of drug-likeness (QED) is 0.717. The Hall–Kier alpha value is -1.13. The van der Waals surface area contributed by atoms with Crippen LogP contribution in [0.25, 0.3) is 0 Å². The summed E-state index contributed by atoms with van der Waals surface area (Å²) in [7, 11) is 1.66. The summed E-state index contributed by atoms with van der Waals surface area (Å²) in [6.07, 6.45) is 4.12. The first-order chi connectivity index (χ1) is 6.24. The third kappa shape index (κ3) is 3.01. The second-order valence-corrected chi connectivity index (χ2v) is 2.94. The zero-order valence-corrected chi connectivity index (χ0v) is 7.73. The molecule has 1 rings (SSSR count). The zero-order valence-electron chi connectivity index (χ0n) is 7.73. The van der Waals surface area contributed by atoms with Crippen LogP contribution < -0.4 is 11.5 Å². The molecule has 0 saturated carbocycles. The number of nitrogen functional groups attached to an aromatic ring is 1. The van der Waals surface area contributed by atoms with Gasteiger partial charge in [-0.1, -0.05) is 0 Å². The Morgan fingerprint density at radius 3 is 2.92 bits per heavy atom. The van der Waals surface area contributed by atoms with Crippen molar-refractivity contribution in [2.75, 3.05) is 19.5 Å².